The van der Waals surface area contributed by atoms with Crippen LogP contribution in [0.15, 0.2) is 82.6 Å². The highest BCUT2D eigenvalue weighted by Crippen LogP contribution is 2.41. The van der Waals surface area contributed by atoms with Gasteiger partial charge in [0.15, 0.2) is 0 Å². The van der Waals surface area contributed by atoms with E-state index < -0.39 is 0 Å². The molecule has 0 aliphatic carbocycles. The number of ketones is 1. The second-order valence-corrected chi connectivity index (χ2v) is 7.34. The quantitative estimate of drug-likeness (QED) is 0.502. The molecule has 3 aromatic rings. The Bertz CT molecular complexity index is 1010. The number of ether oxygens (including phenoxy) is 1. The smallest absolute Gasteiger partial charge is 0.200 e. The maximum Gasteiger partial charge on any atom is 0.200 e. The summed E-state index contributed by atoms with van der Waals surface area (Å²) < 4.78 is 5.98. The first-order chi connectivity index (χ1) is 12.7. The second kappa shape index (κ2) is 7.40. The van der Waals surface area contributed by atoms with Crippen molar-refractivity contribution in [1.82, 2.24) is 0 Å². The molecule has 2 nitrogen and oxygen atoms in total. The first kappa shape index (κ1) is 17.0. The molecule has 0 fully saturated rings. The lowest BCUT2D eigenvalue weighted by Gasteiger charge is -2.10. The van der Waals surface area contributed by atoms with Crippen LogP contribution in [0.25, 0.3) is 6.08 Å². The Labute approximate surface area is 161 Å². The number of Topliss-reactive ketones (excluding diaryl/α,β-unsaturated/α-hetero) is 1. The molecule has 1 heterocycles. The van der Waals surface area contributed by atoms with Crippen molar-refractivity contribution in [1.29, 1.82) is 0 Å². The number of hydrogen-bond acceptors (Lipinski definition) is 3. The van der Waals surface area contributed by atoms with E-state index in [0.29, 0.717) is 16.5 Å². The average molecular weight is 379 g/mol. The summed E-state index contributed by atoms with van der Waals surface area (Å²) in [4.78, 5) is 14.3. The molecule has 3 aromatic carbocycles. The second-order valence-electron chi connectivity index (χ2n) is 5.85. The van der Waals surface area contributed by atoms with Gasteiger partial charge in [0.05, 0.1) is 4.91 Å². The van der Waals surface area contributed by atoms with Gasteiger partial charge in [-0.15, -0.1) is 0 Å². The highest BCUT2D eigenvalue weighted by atomic mass is 35.5. The molecule has 1 aliphatic rings. The molecule has 0 unspecified atom stereocenters. The topological polar surface area (TPSA) is 26.3 Å². The summed E-state index contributed by atoms with van der Waals surface area (Å²) in [5, 5.41) is 0.681. The van der Waals surface area contributed by atoms with Gasteiger partial charge in [0.1, 0.15) is 12.4 Å². The molecule has 0 spiro atoms. The van der Waals surface area contributed by atoms with E-state index >= 15 is 0 Å². The van der Waals surface area contributed by atoms with E-state index in [1.807, 2.05) is 78.9 Å². The van der Waals surface area contributed by atoms with Gasteiger partial charge in [-0.3, -0.25) is 4.79 Å². The molecule has 0 amide bonds. The normalized spacial score (nSPS) is 14.5. The van der Waals surface area contributed by atoms with Crippen LogP contribution in [0.4, 0.5) is 0 Å². The van der Waals surface area contributed by atoms with Gasteiger partial charge in [0.2, 0.25) is 5.78 Å². The fourth-order valence-electron chi connectivity index (χ4n) is 2.78. The summed E-state index contributed by atoms with van der Waals surface area (Å²) in [6.07, 6.45) is 1.90. The lowest BCUT2D eigenvalue weighted by atomic mass is 10.1. The predicted molar refractivity (Wildman–Crippen MR) is 107 cm³/mol. The van der Waals surface area contributed by atoms with Gasteiger partial charge >= 0.3 is 0 Å². The van der Waals surface area contributed by atoms with Crippen LogP contribution in [0.3, 0.4) is 0 Å². The van der Waals surface area contributed by atoms with Crippen molar-refractivity contribution in [2.45, 2.75) is 11.5 Å². The SMILES string of the molecule is O=C1/C(=C/c2ccccc2OCc2ccccc2Cl)Sc2ccccc21. The lowest BCUT2D eigenvalue weighted by Crippen LogP contribution is -1.98. The molecule has 4 heteroatoms. The van der Waals surface area contributed by atoms with Gasteiger partial charge in [0, 0.05) is 26.6 Å². The van der Waals surface area contributed by atoms with Crippen molar-refractivity contribution in [2.24, 2.45) is 0 Å². The van der Waals surface area contributed by atoms with Crippen LogP contribution < -0.4 is 4.74 Å². The predicted octanol–water partition coefficient (Wildman–Crippen LogP) is 6.25. The molecule has 0 saturated carbocycles. The Kier molecular flexibility index (Phi) is 4.83. The number of benzene rings is 3. The Morgan fingerprint density at radius 3 is 2.50 bits per heavy atom. The summed E-state index contributed by atoms with van der Waals surface area (Å²) in [7, 11) is 0. The Balaban J connectivity index is 1.59. The minimum Gasteiger partial charge on any atom is -0.488 e. The van der Waals surface area contributed by atoms with Crippen molar-refractivity contribution in [3.8, 4) is 5.75 Å². The lowest BCUT2D eigenvalue weighted by molar-refractivity contribution is 0.104. The molecular formula is C22H15ClO2S. The fraction of sp³-hybridized carbons (Fsp3) is 0.0455. The zero-order valence-corrected chi connectivity index (χ0v) is 15.4. The van der Waals surface area contributed by atoms with Crippen molar-refractivity contribution in [3.63, 3.8) is 0 Å². The van der Waals surface area contributed by atoms with Crippen molar-refractivity contribution in [3.05, 3.63) is 99.4 Å². The third kappa shape index (κ3) is 3.41. The zero-order valence-electron chi connectivity index (χ0n) is 13.8. The number of carbonyl (C=O) groups excluding carboxylic acids is 1. The largest absolute Gasteiger partial charge is 0.488 e. The molecule has 0 N–H and O–H groups in total. The number of thioether (sulfide) groups is 1. The summed E-state index contributed by atoms with van der Waals surface area (Å²) in [5.74, 6) is 0.788. The molecule has 0 radical (unpaired) electrons. The maximum atomic E-state index is 12.6. The standard InChI is InChI=1S/C22H15ClO2S/c23-18-10-4-1-8-16(18)14-25-19-11-5-2-7-15(19)13-21-22(24)17-9-3-6-12-20(17)26-21/h1-13H,14H2/b21-13-. The van der Waals surface area contributed by atoms with E-state index in [1.54, 1.807) is 0 Å². The van der Waals surface area contributed by atoms with Gasteiger partial charge in [0.25, 0.3) is 0 Å². The molecule has 0 aromatic heterocycles. The third-order valence-corrected chi connectivity index (χ3v) is 5.59. The monoisotopic (exact) mass is 378 g/mol. The minimum absolute atomic E-state index is 0.0616. The van der Waals surface area contributed by atoms with Crippen molar-refractivity contribution < 1.29 is 9.53 Å². The van der Waals surface area contributed by atoms with E-state index in [2.05, 4.69) is 0 Å². The highest BCUT2D eigenvalue weighted by molar-refractivity contribution is 8.04. The van der Waals surface area contributed by atoms with Crippen LogP contribution in [0.2, 0.25) is 5.02 Å². The van der Waals surface area contributed by atoms with E-state index in [9.17, 15) is 4.79 Å². The average Bonchev–Trinajstić information content (AvgIpc) is 2.98. The van der Waals surface area contributed by atoms with Crippen LogP contribution in [0, 0.1) is 0 Å². The van der Waals surface area contributed by atoms with Crippen LogP contribution in [0.5, 0.6) is 5.75 Å². The number of carbonyl (C=O) groups is 1. The molecule has 0 saturated heterocycles. The molecule has 4 rings (SSSR count). The van der Waals surface area contributed by atoms with Gasteiger partial charge < -0.3 is 4.74 Å². The van der Waals surface area contributed by atoms with Gasteiger partial charge in [-0.1, -0.05) is 71.9 Å². The van der Waals surface area contributed by atoms with Crippen LogP contribution in [-0.2, 0) is 6.61 Å². The molecule has 0 bridgehead atoms. The van der Waals surface area contributed by atoms with Crippen molar-refractivity contribution in [2.75, 3.05) is 0 Å². The van der Waals surface area contributed by atoms with Gasteiger partial charge in [-0.2, -0.15) is 0 Å². The molecule has 1 aliphatic heterocycles. The number of halogens is 1. The first-order valence-electron chi connectivity index (χ1n) is 8.21. The summed E-state index contributed by atoms with van der Waals surface area (Å²) in [6.45, 7) is 0.376. The van der Waals surface area contributed by atoms with Crippen molar-refractivity contribution >= 4 is 35.2 Å². The van der Waals surface area contributed by atoms with E-state index in [0.717, 1.165) is 27.3 Å². The maximum absolute atomic E-state index is 12.6. The van der Waals surface area contributed by atoms with Gasteiger partial charge in [-0.05, 0) is 30.3 Å². The summed E-state index contributed by atoms with van der Waals surface area (Å²) >= 11 is 7.70. The number of rotatable bonds is 4. The van der Waals surface area contributed by atoms with Crippen LogP contribution in [-0.4, -0.2) is 5.78 Å². The van der Waals surface area contributed by atoms with E-state index in [1.165, 1.54) is 11.8 Å². The van der Waals surface area contributed by atoms with Gasteiger partial charge in [-0.25, -0.2) is 0 Å². The molecular weight excluding hydrogens is 364 g/mol. The summed E-state index contributed by atoms with van der Waals surface area (Å²) in [6, 6.07) is 23.0. The molecule has 0 atom stereocenters. The summed E-state index contributed by atoms with van der Waals surface area (Å²) in [5.41, 5.74) is 2.57. The fourth-order valence-corrected chi connectivity index (χ4v) is 4.01. The number of hydrogen-bond donors (Lipinski definition) is 0. The Morgan fingerprint density at radius 1 is 0.923 bits per heavy atom. The Morgan fingerprint density at radius 2 is 1.65 bits per heavy atom. The highest BCUT2D eigenvalue weighted by Gasteiger charge is 2.25. The minimum atomic E-state index is 0.0616. The van der Waals surface area contributed by atoms with E-state index in [-0.39, 0.29) is 5.78 Å². The zero-order chi connectivity index (χ0) is 17.9. The van der Waals surface area contributed by atoms with Crippen LogP contribution >= 0.6 is 23.4 Å². The molecule has 128 valence electrons. The first-order valence-corrected chi connectivity index (χ1v) is 9.40. The Hall–Kier alpha value is -2.49. The number of para-hydroxylation sites is 1. The van der Waals surface area contributed by atoms with Crippen LogP contribution in [0.1, 0.15) is 21.5 Å². The number of fused-ring (bicyclic) bond motifs is 1. The number of allylic oxidation sites excluding steroid dienone is 1. The molecule has 26 heavy (non-hydrogen) atoms. The van der Waals surface area contributed by atoms with E-state index in [4.69, 9.17) is 16.3 Å². The third-order valence-electron chi connectivity index (χ3n) is 4.12.